The quantitative estimate of drug-likeness (QED) is 0.590. The van der Waals surface area contributed by atoms with E-state index < -0.39 is 6.10 Å². The molecule has 0 bridgehead atoms. The largest absolute Gasteiger partial charge is 0.512 e. The Bertz CT molecular complexity index is 493. The van der Waals surface area contributed by atoms with E-state index >= 15 is 0 Å². The Morgan fingerprint density at radius 3 is 2.10 bits per heavy atom. The minimum absolute atomic E-state index is 0. The molecule has 1 aliphatic carbocycles. The Labute approximate surface area is 194 Å². The minimum Gasteiger partial charge on any atom is -0.512 e. The predicted octanol–water partition coefficient (Wildman–Crippen LogP) is 2.53. The number of rotatable bonds is 2. The molecule has 6 heteroatoms. The van der Waals surface area contributed by atoms with Gasteiger partial charge in [0, 0.05) is 105 Å². The van der Waals surface area contributed by atoms with E-state index in [0.29, 0.717) is 0 Å². The predicted molar refractivity (Wildman–Crippen MR) is 66.6 cm³/mol. The summed E-state index contributed by atoms with van der Waals surface area (Å²) in [6, 6.07) is 6.79. The van der Waals surface area contributed by atoms with Crippen molar-refractivity contribution in [3.05, 3.63) is 59.4 Å². The summed E-state index contributed by atoms with van der Waals surface area (Å²) in [6.07, 6.45) is 6.63. The van der Waals surface area contributed by atoms with Gasteiger partial charge in [-0.15, -0.1) is 0 Å². The summed E-state index contributed by atoms with van der Waals surface area (Å²) in [6.45, 7) is 0. The molecule has 0 saturated carbocycles. The van der Waals surface area contributed by atoms with Crippen LogP contribution in [0.2, 0.25) is 0 Å². The van der Waals surface area contributed by atoms with Crippen LogP contribution in [0, 0.1) is 0 Å². The first-order valence-corrected chi connectivity index (χ1v) is 5.40. The number of phenolic OH excluding ortho intramolecular Hbond substituents is 1. The molecule has 0 heterocycles. The van der Waals surface area contributed by atoms with E-state index in [2.05, 4.69) is 0 Å². The molecule has 0 fully saturated rings. The summed E-state index contributed by atoms with van der Waals surface area (Å²) in [4.78, 5) is 0. The van der Waals surface area contributed by atoms with E-state index in [0.717, 1.165) is 11.1 Å². The summed E-state index contributed by atoms with van der Waals surface area (Å²) in [5, 5.41) is 27.9. The summed E-state index contributed by atoms with van der Waals surface area (Å²) in [5.41, 5.74) is 1.71. The van der Waals surface area contributed by atoms with Crippen LogP contribution in [-0.2, 0) is 98.1 Å². The standard InChI is InChI=1S/C14H14O3.3Y/c15-12-5-3-10(4-6-12)1-2-11-7-13(16)9-14(17)8-11;;;/h1-8,13,15-17H,9H2;;;/b2-1+;;;. The second kappa shape index (κ2) is 11.8. The molecule has 2 rings (SSSR count). The molecule has 97 valence electrons. The monoisotopic (exact) mass is 497 g/mol. The van der Waals surface area contributed by atoms with Crippen molar-refractivity contribution in [1.82, 2.24) is 0 Å². The maximum Gasteiger partial charge on any atom is 0.115 e. The van der Waals surface area contributed by atoms with Gasteiger partial charge in [0.2, 0.25) is 0 Å². The van der Waals surface area contributed by atoms with Gasteiger partial charge in [0.25, 0.3) is 0 Å². The van der Waals surface area contributed by atoms with Crippen molar-refractivity contribution in [3.8, 4) is 5.75 Å². The molecule has 0 aliphatic heterocycles. The number of aromatic hydroxyl groups is 1. The molecule has 0 spiro atoms. The Morgan fingerprint density at radius 1 is 0.950 bits per heavy atom. The Hall–Kier alpha value is 1.31. The molecule has 1 aliphatic rings. The number of hydrogen-bond donors (Lipinski definition) is 3. The topological polar surface area (TPSA) is 60.7 Å². The van der Waals surface area contributed by atoms with Crippen molar-refractivity contribution in [2.75, 3.05) is 0 Å². The van der Waals surface area contributed by atoms with Gasteiger partial charge in [-0.05, 0) is 35.4 Å². The molecule has 3 N–H and O–H groups in total. The molecule has 0 amide bonds. The maximum atomic E-state index is 9.44. The third-order valence-electron chi connectivity index (χ3n) is 2.50. The molecule has 0 aromatic heterocycles. The minimum atomic E-state index is -0.625. The van der Waals surface area contributed by atoms with Crippen LogP contribution >= 0.6 is 0 Å². The van der Waals surface area contributed by atoms with E-state index in [-0.39, 0.29) is 116 Å². The molecule has 1 unspecified atom stereocenters. The van der Waals surface area contributed by atoms with E-state index in [1.54, 1.807) is 36.4 Å². The SMILES string of the molecule is OC1=CC(/C=C/c2ccc(O)cc2)=CC(O)C1.[Y].[Y].[Y]. The number of aliphatic hydroxyl groups is 2. The van der Waals surface area contributed by atoms with E-state index in [1.807, 2.05) is 12.2 Å². The molecule has 3 radical (unpaired) electrons. The van der Waals surface area contributed by atoms with E-state index in [4.69, 9.17) is 5.11 Å². The fourth-order valence-electron chi connectivity index (χ4n) is 1.68. The molecule has 1 aromatic carbocycles. The summed E-state index contributed by atoms with van der Waals surface area (Å²) < 4.78 is 0. The smallest absolute Gasteiger partial charge is 0.115 e. The van der Waals surface area contributed by atoms with Crippen molar-refractivity contribution in [2.45, 2.75) is 12.5 Å². The first-order valence-electron chi connectivity index (χ1n) is 5.40. The van der Waals surface area contributed by atoms with Crippen molar-refractivity contribution in [1.29, 1.82) is 0 Å². The van der Waals surface area contributed by atoms with Crippen LogP contribution in [0.5, 0.6) is 5.75 Å². The fourth-order valence-corrected chi connectivity index (χ4v) is 1.68. The molecular weight excluding hydrogens is 483 g/mol. The van der Waals surface area contributed by atoms with Crippen molar-refractivity contribution in [2.24, 2.45) is 0 Å². The van der Waals surface area contributed by atoms with Crippen LogP contribution < -0.4 is 0 Å². The molecule has 20 heavy (non-hydrogen) atoms. The average molecular weight is 497 g/mol. The van der Waals surface area contributed by atoms with Crippen molar-refractivity contribution >= 4 is 6.08 Å². The van der Waals surface area contributed by atoms with Gasteiger partial charge in [-0.3, -0.25) is 0 Å². The fraction of sp³-hybridized carbons (Fsp3) is 0.143. The third kappa shape index (κ3) is 8.08. The number of allylic oxidation sites excluding steroid dienone is 3. The molecular formula is C14H14O3Y3. The van der Waals surface area contributed by atoms with Crippen LogP contribution in [-0.4, -0.2) is 21.4 Å². The Morgan fingerprint density at radius 2 is 1.55 bits per heavy atom. The molecule has 1 atom stereocenters. The van der Waals surface area contributed by atoms with Crippen LogP contribution in [0.4, 0.5) is 0 Å². The summed E-state index contributed by atoms with van der Waals surface area (Å²) in [7, 11) is 0. The summed E-state index contributed by atoms with van der Waals surface area (Å²) >= 11 is 0. The Kier molecular flexibility index (Phi) is 13.9. The first-order chi connectivity index (χ1) is 8.13. The van der Waals surface area contributed by atoms with Gasteiger partial charge < -0.3 is 15.3 Å². The van der Waals surface area contributed by atoms with Gasteiger partial charge in [0.05, 0.1) is 11.9 Å². The van der Waals surface area contributed by atoms with Gasteiger partial charge in [-0.2, -0.15) is 0 Å². The number of phenols is 1. The van der Waals surface area contributed by atoms with Gasteiger partial charge in [-0.1, -0.05) is 24.3 Å². The molecule has 1 aromatic rings. The number of hydrogen-bond acceptors (Lipinski definition) is 3. The van der Waals surface area contributed by atoms with Gasteiger partial charge in [0.1, 0.15) is 5.75 Å². The Balaban J connectivity index is 0. The van der Waals surface area contributed by atoms with Crippen LogP contribution in [0.3, 0.4) is 0 Å². The third-order valence-corrected chi connectivity index (χ3v) is 2.50. The van der Waals surface area contributed by atoms with Crippen LogP contribution in [0.25, 0.3) is 6.08 Å². The first kappa shape index (κ1) is 23.6. The number of aliphatic hydroxyl groups excluding tert-OH is 2. The molecule has 3 nitrogen and oxygen atoms in total. The van der Waals surface area contributed by atoms with Crippen molar-refractivity contribution < 1.29 is 113 Å². The van der Waals surface area contributed by atoms with Crippen molar-refractivity contribution in [3.63, 3.8) is 0 Å². The normalized spacial score (nSPS) is 17.1. The van der Waals surface area contributed by atoms with E-state index in [9.17, 15) is 10.2 Å². The zero-order valence-electron chi connectivity index (χ0n) is 11.0. The zero-order valence-corrected chi connectivity index (χ0v) is 19.5. The second-order valence-corrected chi connectivity index (χ2v) is 4.00. The maximum absolute atomic E-state index is 9.44. The van der Waals surface area contributed by atoms with Crippen LogP contribution in [0.15, 0.2) is 53.8 Å². The molecule has 0 saturated heterocycles. The average Bonchev–Trinajstić information content (AvgIpc) is 2.27. The zero-order chi connectivity index (χ0) is 12.3. The van der Waals surface area contributed by atoms with Gasteiger partial charge in [0.15, 0.2) is 0 Å². The van der Waals surface area contributed by atoms with Crippen LogP contribution in [0.1, 0.15) is 12.0 Å². The van der Waals surface area contributed by atoms with Gasteiger partial charge in [-0.25, -0.2) is 0 Å². The van der Waals surface area contributed by atoms with E-state index in [1.165, 1.54) is 0 Å². The number of benzene rings is 1. The van der Waals surface area contributed by atoms with Gasteiger partial charge >= 0.3 is 0 Å². The summed E-state index contributed by atoms with van der Waals surface area (Å²) in [5.74, 6) is 0.414. The second-order valence-electron chi connectivity index (χ2n) is 4.00.